The quantitative estimate of drug-likeness (QED) is 0.516. The number of rotatable bonds is 4. The van der Waals surface area contributed by atoms with E-state index in [-0.39, 0.29) is 5.91 Å². The van der Waals surface area contributed by atoms with Gasteiger partial charge in [-0.05, 0) is 7.05 Å². The van der Waals surface area contributed by atoms with Crippen molar-refractivity contribution < 1.29 is 9.90 Å². The minimum Gasteiger partial charge on any atom is -0.387 e. The smallest absolute Gasteiger partial charge is 0.248 e. The van der Waals surface area contributed by atoms with Crippen LogP contribution in [0.3, 0.4) is 0 Å². The Bertz CT molecular complexity index is 106. The highest BCUT2D eigenvalue weighted by molar-refractivity contribution is 5.76. The van der Waals surface area contributed by atoms with E-state index in [1.165, 1.54) is 4.90 Å². The van der Waals surface area contributed by atoms with E-state index in [9.17, 15) is 4.79 Å². The summed E-state index contributed by atoms with van der Waals surface area (Å²) in [7, 11) is 3.48. The molecule has 0 aromatic rings. The third-order valence-corrected chi connectivity index (χ3v) is 1.26. The van der Waals surface area contributed by atoms with Crippen LogP contribution in [0.2, 0.25) is 0 Å². The lowest BCUT2D eigenvalue weighted by molar-refractivity contribution is -0.132. The van der Waals surface area contributed by atoms with Crippen LogP contribution in [-0.4, -0.2) is 49.7 Å². The van der Waals surface area contributed by atoms with E-state index >= 15 is 0 Å². The molecule has 4 heteroatoms. The Kier molecular flexibility index (Phi) is 4.88. The summed E-state index contributed by atoms with van der Waals surface area (Å²) in [5.41, 5.74) is 0. The van der Waals surface area contributed by atoms with Crippen LogP contribution < -0.4 is 5.32 Å². The van der Waals surface area contributed by atoms with Crippen molar-refractivity contribution in [1.82, 2.24) is 10.2 Å². The molecule has 0 aliphatic rings. The number of likely N-dealkylation sites (N-methyl/N-ethyl adjacent to an activating group) is 2. The molecule has 0 aliphatic carbocycles. The molecular formula is C6H14N2O2. The summed E-state index contributed by atoms with van der Waals surface area (Å²) in [6.45, 7) is 0.984. The largest absolute Gasteiger partial charge is 0.387 e. The van der Waals surface area contributed by atoms with E-state index in [0.29, 0.717) is 6.54 Å². The van der Waals surface area contributed by atoms with Gasteiger partial charge in [0.25, 0.3) is 0 Å². The maximum absolute atomic E-state index is 10.7. The van der Waals surface area contributed by atoms with E-state index in [1.54, 1.807) is 7.05 Å². The van der Waals surface area contributed by atoms with E-state index in [4.69, 9.17) is 5.11 Å². The minimum absolute atomic E-state index is 0.241. The van der Waals surface area contributed by atoms with Gasteiger partial charge in [-0.15, -0.1) is 0 Å². The molecule has 0 aliphatic heterocycles. The van der Waals surface area contributed by atoms with Crippen molar-refractivity contribution in [3.8, 4) is 0 Å². The second kappa shape index (κ2) is 5.20. The van der Waals surface area contributed by atoms with Crippen LogP contribution in [-0.2, 0) is 4.79 Å². The number of aliphatic hydroxyl groups is 1. The Labute approximate surface area is 60.8 Å². The number of aliphatic hydroxyl groups excluding tert-OH is 1. The van der Waals surface area contributed by atoms with Crippen molar-refractivity contribution in [3.63, 3.8) is 0 Å². The van der Waals surface area contributed by atoms with Crippen molar-refractivity contribution in [1.29, 1.82) is 0 Å². The molecule has 10 heavy (non-hydrogen) atoms. The van der Waals surface area contributed by atoms with Crippen molar-refractivity contribution in [3.05, 3.63) is 0 Å². The first-order valence-electron chi connectivity index (χ1n) is 3.21. The molecule has 0 radical (unpaired) electrons. The molecule has 0 saturated heterocycles. The zero-order valence-corrected chi connectivity index (χ0v) is 6.42. The summed E-state index contributed by atoms with van der Waals surface area (Å²) >= 11 is 0. The monoisotopic (exact) mass is 146 g/mol. The maximum atomic E-state index is 10.7. The number of hydrogen-bond acceptors (Lipinski definition) is 3. The highest BCUT2D eigenvalue weighted by Crippen LogP contribution is 1.80. The van der Waals surface area contributed by atoms with Crippen LogP contribution in [0.15, 0.2) is 0 Å². The normalized spacial score (nSPS) is 9.50. The molecule has 0 unspecified atom stereocenters. The molecule has 0 atom stereocenters. The predicted octanol–water partition coefficient (Wildman–Crippen LogP) is -1.34. The summed E-state index contributed by atoms with van der Waals surface area (Å²) in [5.74, 6) is -0.241. The fourth-order valence-electron chi connectivity index (χ4n) is 0.525. The lowest BCUT2D eigenvalue weighted by Crippen LogP contribution is -2.34. The van der Waals surface area contributed by atoms with Crippen LogP contribution in [0.1, 0.15) is 0 Å². The SMILES string of the molecule is CNCCN(C)C(=O)CO. The summed E-state index contributed by atoms with van der Waals surface area (Å²) in [6.07, 6.45) is 0. The van der Waals surface area contributed by atoms with Gasteiger partial charge in [0.05, 0.1) is 0 Å². The van der Waals surface area contributed by atoms with E-state index < -0.39 is 6.61 Å². The first-order valence-corrected chi connectivity index (χ1v) is 3.21. The number of carbonyl (C=O) groups excluding carboxylic acids is 1. The van der Waals surface area contributed by atoms with Gasteiger partial charge in [0, 0.05) is 20.1 Å². The van der Waals surface area contributed by atoms with Gasteiger partial charge in [-0.25, -0.2) is 0 Å². The van der Waals surface area contributed by atoms with Gasteiger partial charge >= 0.3 is 0 Å². The van der Waals surface area contributed by atoms with Gasteiger partial charge in [-0.3, -0.25) is 4.79 Å². The fraction of sp³-hybridized carbons (Fsp3) is 0.833. The van der Waals surface area contributed by atoms with Crippen LogP contribution in [0, 0.1) is 0 Å². The topological polar surface area (TPSA) is 52.6 Å². The highest BCUT2D eigenvalue weighted by Gasteiger charge is 2.03. The number of nitrogens with zero attached hydrogens (tertiary/aromatic N) is 1. The van der Waals surface area contributed by atoms with Crippen molar-refractivity contribution in [2.75, 3.05) is 33.8 Å². The standard InChI is InChI=1S/C6H14N2O2/c1-7-3-4-8(2)6(10)5-9/h7,9H,3-5H2,1-2H3. The number of hydrogen-bond donors (Lipinski definition) is 2. The summed E-state index contributed by atoms with van der Waals surface area (Å²) in [5, 5.41) is 11.3. The molecule has 0 rings (SSSR count). The molecule has 0 heterocycles. The third-order valence-electron chi connectivity index (χ3n) is 1.26. The Morgan fingerprint density at radius 2 is 2.30 bits per heavy atom. The Morgan fingerprint density at radius 3 is 2.70 bits per heavy atom. The second-order valence-corrected chi connectivity index (χ2v) is 2.08. The minimum atomic E-state index is -0.403. The van der Waals surface area contributed by atoms with Gasteiger partial charge in [-0.1, -0.05) is 0 Å². The lowest BCUT2D eigenvalue weighted by atomic mass is 10.5. The molecular weight excluding hydrogens is 132 g/mol. The van der Waals surface area contributed by atoms with Crippen molar-refractivity contribution in [2.45, 2.75) is 0 Å². The van der Waals surface area contributed by atoms with Crippen LogP contribution >= 0.6 is 0 Å². The Hall–Kier alpha value is -0.610. The van der Waals surface area contributed by atoms with Crippen molar-refractivity contribution in [2.24, 2.45) is 0 Å². The predicted molar refractivity (Wildman–Crippen MR) is 38.6 cm³/mol. The summed E-state index contributed by atoms with van der Waals surface area (Å²) < 4.78 is 0. The van der Waals surface area contributed by atoms with Gasteiger partial charge < -0.3 is 15.3 Å². The first kappa shape index (κ1) is 9.39. The molecule has 2 N–H and O–H groups in total. The van der Waals surface area contributed by atoms with E-state index in [1.807, 2.05) is 7.05 Å². The average molecular weight is 146 g/mol. The van der Waals surface area contributed by atoms with Crippen LogP contribution in [0.25, 0.3) is 0 Å². The van der Waals surface area contributed by atoms with Gasteiger partial charge in [0.1, 0.15) is 6.61 Å². The Morgan fingerprint density at radius 1 is 1.70 bits per heavy atom. The zero-order valence-electron chi connectivity index (χ0n) is 6.42. The van der Waals surface area contributed by atoms with E-state index in [2.05, 4.69) is 5.32 Å². The molecule has 1 amide bonds. The molecule has 60 valence electrons. The average Bonchev–Trinajstić information content (AvgIpc) is 1.98. The molecule has 0 bridgehead atoms. The second-order valence-electron chi connectivity index (χ2n) is 2.08. The van der Waals surface area contributed by atoms with Crippen LogP contribution in [0.5, 0.6) is 0 Å². The molecule has 0 saturated carbocycles. The number of amides is 1. The molecule has 0 fully saturated rings. The summed E-state index contributed by atoms with van der Waals surface area (Å²) in [4.78, 5) is 12.1. The number of nitrogens with one attached hydrogen (secondary N) is 1. The lowest BCUT2D eigenvalue weighted by Gasteiger charge is -2.14. The highest BCUT2D eigenvalue weighted by atomic mass is 16.3. The van der Waals surface area contributed by atoms with Crippen LogP contribution in [0.4, 0.5) is 0 Å². The van der Waals surface area contributed by atoms with Gasteiger partial charge in [0.2, 0.25) is 5.91 Å². The van der Waals surface area contributed by atoms with Gasteiger partial charge in [-0.2, -0.15) is 0 Å². The van der Waals surface area contributed by atoms with E-state index in [0.717, 1.165) is 6.54 Å². The first-order chi connectivity index (χ1) is 4.72. The molecule has 0 aromatic heterocycles. The molecule has 4 nitrogen and oxygen atoms in total. The third kappa shape index (κ3) is 3.42. The maximum Gasteiger partial charge on any atom is 0.248 e. The summed E-state index contributed by atoms with van der Waals surface area (Å²) in [6, 6.07) is 0. The van der Waals surface area contributed by atoms with Crippen molar-refractivity contribution >= 4 is 5.91 Å². The number of carbonyl (C=O) groups is 1. The molecule has 0 spiro atoms. The zero-order chi connectivity index (χ0) is 7.98. The Balaban J connectivity index is 3.41. The molecule has 0 aromatic carbocycles. The van der Waals surface area contributed by atoms with Gasteiger partial charge in [0.15, 0.2) is 0 Å². The fourth-order valence-corrected chi connectivity index (χ4v) is 0.525.